The fourth-order valence-corrected chi connectivity index (χ4v) is 7.16. The van der Waals surface area contributed by atoms with Crippen molar-refractivity contribution >= 4 is 52.4 Å². The van der Waals surface area contributed by atoms with Crippen molar-refractivity contribution in [2.75, 3.05) is 12.4 Å². The molecule has 1 aliphatic rings. The van der Waals surface area contributed by atoms with Crippen LogP contribution in [0.3, 0.4) is 0 Å². The Hall–Kier alpha value is -2.12. The van der Waals surface area contributed by atoms with Crippen molar-refractivity contribution in [2.45, 2.75) is 50.7 Å². The second-order valence-electron chi connectivity index (χ2n) is 11.2. The van der Waals surface area contributed by atoms with Gasteiger partial charge in [-0.1, -0.05) is 80.1 Å². The Balaban J connectivity index is 0.00000405. The molecule has 7 heteroatoms. The van der Waals surface area contributed by atoms with Crippen molar-refractivity contribution in [2.24, 2.45) is 5.41 Å². The fraction of sp³-hybridized carbons (Fsp3) is 0.314. The number of aliphatic hydroxyl groups excluding tert-OH is 1. The molecule has 4 aromatic rings. The first kappa shape index (κ1) is 32.8. The predicted molar refractivity (Wildman–Crippen MR) is 170 cm³/mol. The Morgan fingerprint density at radius 1 is 1.07 bits per heavy atom. The quantitative estimate of drug-likeness (QED) is 0.231. The number of thioether (sulfide) groups is 1. The van der Waals surface area contributed by atoms with Crippen LogP contribution >= 0.6 is 23.4 Å². The zero-order valence-electron chi connectivity index (χ0n) is 24.5. The molecule has 0 saturated heterocycles. The fourth-order valence-electron chi connectivity index (χ4n) is 5.44. The van der Waals surface area contributed by atoms with Gasteiger partial charge in [-0.3, -0.25) is 0 Å². The summed E-state index contributed by atoms with van der Waals surface area (Å²) in [5, 5.41) is 23.4. The Morgan fingerprint density at radius 3 is 2.52 bits per heavy atom. The van der Waals surface area contributed by atoms with Crippen LogP contribution in [0.2, 0.25) is 5.02 Å². The molecule has 1 N–H and O–H groups in total. The Labute approximate surface area is 279 Å². The Kier molecular flexibility index (Phi) is 11.4. The van der Waals surface area contributed by atoms with Crippen molar-refractivity contribution in [3.63, 3.8) is 0 Å². The average molecular weight is 608 g/mol. The van der Waals surface area contributed by atoms with Crippen LogP contribution in [0, 0.1) is 5.41 Å². The number of carboxylic acid groups (broad SMARTS) is 1. The van der Waals surface area contributed by atoms with Crippen LogP contribution < -0.4 is 34.7 Å². The van der Waals surface area contributed by atoms with Gasteiger partial charge in [0.1, 0.15) is 0 Å². The van der Waals surface area contributed by atoms with Crippen LogP contribution in [0.15, 0.2) is 72.8 Å². The first-order valence-corrected chi connectivity index (χ1v) is 15.6. The first-order chi connectivity index (χ1) is 19.8. The van der Waals surface area contributed by atoms with E-state index in [0.717, 1.165) is 63.9 Å². The molecule has 2 atom stereocenters. The number of aromatic nitrogens is 1. The minimum Gasteiger partial charge on any atom is -0.550 e. The van der Waals surface area contributed by atoms with Gasteiger partial charge in [-0.05, 0) is 95.0 Å². The number of carbonyl (C=O) groups excluding carboxylic acids is 1. The van der Waals surface area contributed by atoms with E-state index in [-0.39, 0.29) is 59.2 Å². The number of carbonyl (C=O) groups is 1. The summed E-state index contributed by atoms with van der Waals surface area (Å²) in [5.74, 6) is -0.165. The van der Waals surface area contributed by atoms with Crippen LogP contribution in [0.4, 0.5) is 0 Å². The summed E-state index contributed by atoms with van der Waals surface area (Å²) in [7, 11) is 0. The number of aliphatic carboxylic acids is 1. The third-order valence-corrected chi connectivity index (χ3v) is 10.0. The number of fused-ring (bicyclic) bond motifs is 1. The summed E-state index contributed by atoms with van der Waals surface area (Å²) >= 11 is 8.03. The van der Waals surface area contributed by atoms with Gasteiger partial charge in [0, 0.05) is 34.2 Å². The molecule has 0 amide bonds. The molecule has 1 aromatic heterocycles. The number of benzene rings is 3. The number of hydrogen-bond acceptors (Lipinski definition) is 5. The molecule has 1 saturated carbocycles. The number of carboxylic acids is 1. The van der Waals surface area contributed by atoms with E-state index in [1.165, 1.54) is 5.56 Å². The molecule has 42 heavy (non-hydrogen) atoms. The number of nitrogens with zero attached hydrogens (tertiary/aromatic N) is 1. The average Bonchev–Trinajstić information content (AvgIpc) is 3.74. The third kappa shape index (κ3) is 7.88. The molecule has 0 spiro atoms. The van der Waals surface area contributed by atoms with Crippen LogP contribution in [0.1, 0.15) is 73.1 Å². The van der Waals surface area contributed by atoms with Gasteiger partial charge >= 0.3 is 29.6 Å². The molecule has 4 nitrogen and oxygen atoms in total. The van der Waals surface area contributed by atoms with Gasteiger partial charge in [0.05, 0.1) is 11.2 Å². The molecule has 1 fully saturated rings. The maximum Gasteiger partial charge on any atom is 1.00 e. The molecule has 1 unspecified atom stereocenters. The van der Waals surface area contributed by atoms with Gasteiger partial charge in [-0.25, -0.2) is 4.98 Å². The van der Waals surface area contributed by atoms with Gasteiger partial charge < -0.3 is 15.0 Å². The topological polar surface area (TPSA) is 73.2 Å². The summed E-state index contributed by atoms with van der Waals surface area (Å²) in [4.78, 5) is 16.1. The van der Waals surface area contributed by atoms with E-state index in [2.05, 4.69) is 68.5 Å². The third-order valence-electron chi connectivity index (χ3n) is 8.02. The van der Waals surface area contributed by atoms with Gasteiger partial charge in [-0.15, -0.1) is 0 Å². The zero-order chi connectivity index (χ0) is 29.0. The summed E-state index contributed by atoms with van der Waals surface area (Å²) in [5.41, 5.74) is 7.26. The van der Waals surface area contributed by atoms with Gasteiger partial charge in [0.15, 0.2) is 0 Å². The standard InChI is InChI=1S/C35H36ClNO3S.Na/c1-3-32(41-22-35(16-17-35)20-33(39)40)30-9-5-8-29(23(2)21-38)34(30)26-7-4-6-24(18-26)10-14-28-15-12-25-11-13-27(36)19-31(25)37-28;/h4-15,18-19,23,32,38H,3,16-17,20-22H2,1-2H3,(H,39,40);/q;+1/p-1/t23-,32?;/m0./s1. The molecule has 0 bridgehead atoms. The molecule has 1 heterocycles. The summed E-state index contributed by atoms with van der Waals surface area (Å²) < 4.78 is 0. The Morgan fingerprint density at radius 2 is 1.81 bits per heavy atom. The summed E-state index contributed by atoms with van der Waals surface area (Å²) in [6.07, 6.45) is 7.05. The van der Waals surface area contributed by atoms with Crippen molar-refractivity contribution in [1.82, 2.24) is 4.98 Å². The summed E-state index contributed by atoms with van der Waals surface area (Å²) in [6.45, 7) is 4.30. The van der Waals surface area contributed by atoms with Crippen LogP contribution in [-0.4, -0.2) is 28.4 Å². The van der Waals surface area contributed by atoms with Crippen molar-refractivity contribution in [3.05, 3.63) is 100 Å². The minimum atomic E-state index is -0.955. The van der Waals surface area contributed by atoms with Crippen LogP contribution in [0.25, 0.3) is 34.2 Å². The molecule has 1 aliphatic carbocycles. The Bertz CT molecular complexity index is 1590. The molecule has 0 radical (unpaired) electrons. The van der Waals surface area contributed by atoms with Crippen LogP contribution in [0.5, 0.6) is 0 Å². The minimum absolute atomic E-state index is 0. The van der Waals surface area contributed by atoms with E-state index in [9.17, 15) is 15.0 Å². The van der Waals surface area contributed by atoms with E-state index in [4.69, 9.17) is 16.6 Å². The normalized spacial score (nSPS) is 15.3. The van der Waals surface area contributed by atoms with E-state index in [0.29, 0.717) is 5.02 Å². The second kappa shape index (κ2) is 14.6. The number of hydrogen-bond donors (Lipinski definition) is 1. The van der Waals surface area contributed by atoms with E-state index < -0.39 is 5.97 Å². The predicted octanol–water partition coefficient (Wildman–Crippen LogP) is 4.93. The molecule has 0 aliphatic heterocycles. The largest absolute Gasteiger partial charge is 1.00 e. The maximum atomic E-state index is 11.3. The number of aliphatic hydroxyl groups is 1. The number of pyridine rings is 1. The SMILES string of the molecule is CCC(SCC1(CC(=O)[O-])CC1)c1cccc([C@@H](C)CO)c1-c1cccc(C=Cc2ccc3ccc(Cl)cc3n2)c1.[Na+]. The van der Waals surface area contributed by atoms with Crippen LogP contribution in [-0.2, 0) is 4.79 Å². The van der Waals surface area contributed by atoms with Crippen molar-refractivity contribution in [3.8, 4) is 11.1 Å². The molecule has 5 rings (SSSR count). The molecule has 212 valence electrons. The van der Waals surface area contributed by atoms with Gasteiger partial charge in [0.25, 0.3) is 0 Å². The van der Waals surface area contributed by atoms with E-state index >= 15 is 0 Å². The smallest absolute Gasteiger partial charge is 0.550 e. The maximum absolute atomic E-state index is 11.3. The molecular weight excluding hydrogens is 573 g/mol. The van der Waals surface area contributed by atoms with E-state index in [1.54, 1.807) is 0 Å². The molecular formula is C35H35ClNNaO3S. The monoisotopic (exact) mass is 607 g/mol. The zero-order valence-corrected chi connectivity index (χ0v) is 28.0. The van der Waals surface area contributed by atoms with E-state index in [1.807, 2.05) is 42.1 Å². The first-order valence-electron chi connectivity index (χ1n) is 14.2. The van der Waals surface area contributed by atoms with Crippen molar-refractivity contribution < 1.29 is 44.6 Å². The summed E-state index contributed by atoms with van der Waals surface area (Å²) in [6, 6.07) is 24.6. The number of halogens is 1. The second-order valence-corrected chi connectivity index (χ2v) is 12.8. The van der Waals surface area contributed by atoms with Gasteiger partial charge in [-0.2, -0.15) is 11.8 Å². The number of rotatable bonds is 12. The van der Waals surface area contributed by atoms with Gasteiger partial charge in [0.2, 0.25) is 0 Å². The van der Waals surface area contributed by atoms with Crippen molar-refractivity contribution in [1.29, 1.82) is 0 Å². The molecule has 3 aromatic carbocycles.